The van der Waals surface area contributed by atoms with Crippen molar-refractivity contribution >= 4 is 29.4 Å². The molecule has 3 aromatic rings. The molecule has 3 heterocycles. The standard InChI is InChI=1S/C32H30ClFN4O5/c1-31(2,3)43-30(41)37-12-10-20(11-13-37)28(39)21-14-25-27(26(34)15-21)32(42,22-5-7-23(33)8-6-22)38(29(25)40)18-24-9-4-19(16-35)17-36-24/h4-9,14-15,17,20,42H,10-13,18H2,1-3H3. The third-order valence-electron chi connectivity index (χ3n) is 7.63. The number of fused-ring (bicyclic) bond motifs is 1. The number of carbonyl (C=O) groups excluding carboxylic acids is 3. The number of halogens is 2. The Morgan fingerprint density at radius 3 is 2.42 bits per heavy atom. The van der Waals surface area contributed by atoms with Crippen molar-refractivity contribution in [2.45, 2.75) is 51.5 Å². The number of piperidine rings is 1. The number of carbonyl (C=O) groups is 3. The molecular weight excluding hydrogens is 575 g/mol. The molecule has 0 aliphatic carbocycles. The lowest BCUT2D eigenvalue weighted by atomic mass is 9.86. The van der Waals surface area contributed by atoms with Gasteiger partial charge in [0.25, 0.3) is 5.91 Å². The highest BCUT2D eigenvalue weighted by Gasteiger charge is 2.52. The molecule has 1 atom stereocenters. The first kappa shape index (κ1) is 30.1. The van der Waals surface area contributed by atoms with Crippen LogP contribution in [0, 0.1) is 23.1 Å². The molecule has 2 aliphatic heterocycles. The second kappa shape index (κ2) is 11.4. The van der Waals surface area contributed by atoms with Crippen LogP contribution in [0.1, 0.15) is 76.7 Å². The van der Waals surface area contributed by atoms with Crippen molar-refractivity contribution in [3.05, 3.63) is 99.1 Å². The molecule has 0 radical (unpaired) electrons. The van der Waals surface area contributed by atoms with Crippen LogP contribution in [0.25, 0.3) is 0 Å². The number of nitrogens with zero attached hydrogens (tertiary/aromatic N) is 4. The Labute approximate surface area is 253 Å². The van der Waals surface area contributed by atoms with Crippen molar-refractivity contribution in [2.75, 3.05) is 13.1 Å². The number of pyridine rings is 1. The van der Waals surface area contributed by atoms with Gasteiger partial charge in [-0.05, 0) is 70.0 Å². The van der Waals surface area contributed by atoms with Gasteiger partial charge in [-0.2, -0.15) is 5.26 Å². The first-order chi connectivity index (χ1) is 20.3. The molecule has 1 N–H and O–H groups in total. The van der Waals surface area contributed by atoms with Crippen molar-refractivity contribution in [1.82, 2.24) is 14.8 Å². The van der Waals surface area contributed by atoms with E-state index < -0.39 is 35.1 Å². The minimum atomic E-state index is -2.23. The van der Waals surface area contributed by atoms with Crippen molar-refractivity contribution in [3.63, 3.8) is 0 Å². The van der Waals surface area contributed by atoms with Gasteiger partial charge in [-0.25, -0.2) is 9.18 Å². The van der Waals surface area contributed by atoms with Gasteiger partial charge in [-0.3, -0.25) is 19.5 Å². The second-order valence-electron chi connectivity index (χ2n) is 11.7. The summed E-state index contributed by atoms with van der Waals surface area (Å²) in [5.41, 5.74) is -2.39. The maximum atomic E-state index is 16.0. The fraction of sp³-hybridized carbons (Fsp3) is 0.344. The topological polar surface area (TPSA) is 124 Å². The Morgan fingerprint density at radius 2 is 1.84 bits per heavy atom. The molecule has 0 saturated carbocycles. The fourth-order valence-electron chi connectivity index (χ4n) is 5.50. The van der Waals surface area contributed by atoms with Crippen LogP contribution in [0.4, 0.5) is 9.18 Å². The maximum Gasteiger partial charge on any atom is 0.410 e. The van der Waals surface area contributed by atoms with Crippen molar-refractivity contribution in [3.8, 4) is 6.07 Å². The van der Waals surface area contributed by atoms with Gasteiger partial charge < -0.3 is 14.7 Å². The molecule has 2 aromatic carbocycles. The van der Waals surface area contributed by atoms with Crippen LogP contribution in [0.15, 0.2) is 54.7 Å². The summed E-state index contributed by atoms with van der Waals surface area (Å²) in [6.45, 7) is 5.74. The minimum absolute atomic E-state index is 0.0112. The van der Waals surface area contributed by atoms with E-state index in [1.54, 1.807) is 31.7 Å². The number of rotatable bonds is 5. The molecule has 2 amide bonds. The lowest BCUT2D eigenvalue weighted by Crippen LogP contribution is -2.44. The van der Waals surface area contributed by atoms with Crippen LogP contribution < -0.4 is 0 Å². The van der Waals surface area contributed by atoms with Crippen LogP contribution in [-0.4, -0.2) is 56.4 Å². The van der Waals surface area contributed by atoms with Gasteiger partial charge in [-0.1, -0.05) is 23.7 Å². The zero-order valence-corrected chi connectivity index (χ0v) is 24.7. The largest absolute Gasteiger partial charge is 0.444 e. The highest BCUT2D eigenvalue weighted by Crippen LogP contribution is 2.45. The zero-order chi connectivity index (χ0) is 31.1. The number of aliphatic hydroxyl groups is 1. The quantitative estimate of drug-likeness (QED) is 0.385. The molecule has 0 spiro atoms. The van der Waals surface area contributed by atoms with Crippen LogP contribution in [-0.2, 0) is 17.0 Å². The van der Waals surface area contributed by atoms with Crippen molar-refractivity contribution in [1.29, 1.82) is 5.26 Å². The van der Waals surface area contributed by atoms with Gasteiger partial charge in [0.15, 0.2) is 11.5 Å². The predicted molar refractivity (Wildman–Crippen MR) is 155 cm³/mol. The SMILES string of the molecule is CC(C)(C)OC(=O)N1CCC(C(=O)c2cc(F)c3c(c2)C(=O)N(Cc2ccc(C#N)cn2)C3(O)c2ccc(Cl)cc2)CC1. The molecule has 1 fully saturated rings. The molecular formula is C32H30ClFN4O5. The normalized spacial score (nSPS) is 18.8. The Balaban J connectivity index is 1.46. The summed E-state index contributed by atoms with van der Waals surface area (Å²) < 4.78 is 21.4. The number of likely N-dealkylation sites (tertiary alicyclic amines) is 1. The number of hydrogen-bond acceptors (Lipinski definition) is 7. The summed E-state index contributed by atoms with van der Waals surface area (Å²) in [5, 5.41) is 21.6. The van der Waals surface area contributed by atoms with Crippen molar-refractivity contribution < 1.29 is 28.6 Å². The first-order valence-electron chi connectivity index (χ1n) is 13.8. The van der Waals surface area contributed by atoms with Crippen molar-refractivity contribution in [2.24, 2.45) is 5.92 Å². The number of ketones is 1. The summed E-state index contributed by atoms with van der Waals surface area (Å²) in [4.78, 5) is 46.7. The van der Waals surface area contributed by atoms with E-state index in [1.807, 2.05) is 6.07 Å². The number of aromatic nitrogens is 1. The number of amides is 2. The van der Waals surface area contributed by atoms with E-state index in [0.29, 0.717) is 42.2 Å². The third-order valence-corrected chi connectivity index (χ3v) is 7.88. The average Bonchev–Trinajstić information content (AvgIpc) is 3.19. The number of Topliss-reactive ketones (excluding diaryl/α,β-unsaturated/α-hetero) is 1. The summed E-state index contributed by atoms with van der Waals surface area (Å²) in [5.74, 6) is -2.43. The molecule has 5 rings (SSSR count). The van der Waals surface area contributed by atoms with Gasteiger partial charge in [0.1, 0.15) is 17.5 Å². The predicted octanol–water partition coefficient (Wildman–Crippen LogP) is 5.42. The van der Waals surface area contributed by atoms with E-state index in [9.17, 15) is 19.5 Å². The molecule has 1 aromatic heterocycles. The van der Waals surface area contributed by atoms with Gasteiger partial charge in [-0.15, -0.1) is 0 Å². The Kier molecular flexibility index (Phi) is 7.99. The van der Waals surface area contributed by atoms with E-state index in [-0.39, 0.29) is 34.6 Å². The molecule has 1 saturated heterocycles. The van der Waals surface area contributed by atoms with Crippen LogP contribution >= 0.6 is 11.6 Å². The molecule has 222 valence electrons. The fourth-order valence-corrected chi connectivity index (χ4v) is 5.63. The molecule has 0 bridgehead atoms. The second-order valence-corrected chi connectivity index (χ2v) is 12.1. The van der Waals surface area contributed by atoms with E-state index in [1.165, 1.54) is 42.6 Å². The highest BCUT2D eigenvalue weighted by molar-refractivity contribution is 6.30. The van der Waals surface area contributed by atoms with Gasteiger partial charge in [0.05, 0.1) is 28.9 Å². The van der Waals surface area contributed by atoms with E-state index in [4.69, 9.17) is 21.6 Å². The molecule has 11 heteroatoms. The van der Waals surface area contributed by atoms with Crippen LogP contribution in [0.2, 0.25) is 5.02 Å². The monoisotopic (exact) mass is 604 g/mol. The maximum absolute atomic E-state index is 16.0. The van der Waals surface area contributed by atoms with Gasteiger partial charge in [0.2, 0.25) is 0 Å². The number of ether oxygens (including phenoxy) is 1. The highest BCUT2D eigenvalue weighted by atomic mass is 35.5. The van der Waals surface area contributed by atoms with E-state index >= 15 is 4.39 Å². The third kappa shape index (κ3) is 5.83. The van der Waals surface area contributed by atoms with Crippen LogP contribution in [0.5, 0.6) is 0 Å². The van der Waals surface area contributed by atoms with E-state index in [0.717, 1.165) is 11.0 Å². The van der Waals surface area contributed by atoms with Crippen LogP contribution in [0.3, 0.4) is 0 Å². The summed E-state index contributed by atoms with van der Waals surface area (Å²) in [7, 11) is 0. The molecule has 1 unspecified atom stereocenters. The Bertz CT molecular complexity index is 1620. The van der Waals surface area contributed by atoms with Gasteiger partial charge in [0, 0.05) is 41.4 Å². The molecule has 2 aliphatic rings. The average molecular weight is 605 g/mol. The summed E-state index contributed by atoms with van der Waals surface area (Å²) in [6.07, 6.45) is 1.60. The summed E-state index contributed by atoms with van der Waals surface area (Å²) in [6, 6.07) is 13.5. The van der Waals surface area contributed by atoms with E-state index in [2.05, 4.69) is 4.98 Å². The zero-order valence-electron chi connectivity index (χ0n) is 23.9. The summed E-state index contributed by atoms with van der Waals surface area (Å²) >= 11 is 6.06. The number of benzene rings is 2. The Morgan fingerprint density at radius 1 is 1.16 bits per heavy atom. The number of nitriles is 1. The lowest BCUT2D eigenvalue weighted by Gasteiger charge is -2.35. The number of hydrogen-bond donors (Lipinski definition) is 1. The van der Waals surface area contributed by atoms with Gasteiger partial charge >= 0.3 is 6.09 Å². The minimum Gasteiger partial charge on any atom is -0.444 e. The Hall–Kier alpha value is -4.33. The first-order valence-corrected chi connectivity index (χ1v) is 14.2. The lowest BCUT2D eigenvalue weighted by molar-refractivity contribution is -0.0567. The smallest absolute Gasteiger partial charge is 0.410 e. The molecule has 9 nitrogen and oxygen atoms in total. The molecule has 43 heavy (non-hydrogen) atoms.